The Morgan fingerprint density at radius 1 is 1.28 bits per heavy atom. The number of rotatable bonds is 4. The Morgan fingerprint density at radius 2 is 2.00 bits per heavy atom. The molecule has 25 heavy (non-hydrogen) atoms. The zero-order chi connectivity index (χ0) is 18.0. The maximum atomic E-state index is 12.5. The van der Waals surface area contributed by atoms with Gasteiger partial charge in [0.25, 0.3) is 0 Å². The summed E-state index contributed by atoms with van der Waals surface area (Å²) in [4.78, 5) is 16.7. The summed E-state index contributed by atoms with van der Waals surface area (Å²) < 4.78 is 7.50. The first-order valence-electron chi connectivity index (χ1n) is 9.13. The molecule has 2 aliphatic rings. The summed E-state index contributed by atoms with van der Waals surface area (Å²) in [6.07, 6.45) is 2.00. The van der Waals surface area contributed by atoms with Gasteiger partial charge in [0.15, 0.2) is 0 Å². The Morgan fingerprint density at radius 3 is 2.68 bits per heavy atom. The maximum absolute atomic E-state index is 12.5. The third-order valence-corrected chi connectivity index (χ3v) is 5.09. The second-order valence-electron chi connectivity index (χ2n) is 7.73. The van der Waals surface area contributed by atoms with Crippen molar-refractivity contribution in [3.05, 3.63) is 11.6 Å². The molecular weight excluding hydrogens is 320 g/mol. The van der Waals surface area contributed by atoms with Crippen molar-refractivity contribution < 1.29 is 9.53 Å². The lowest BCUT2D eigenvalue weighted by Crippen LogP contribution is -2.53. The molecule has 0 radical (unpaired) electrons. The topological polar surface area (TPSA) is 89.5 Å². The molecule has 0 aromatic carbocycles. The van der Waals surface area contributed by atoms with Crippen molar-refractivity contribution in [1.29, 1.82) is 0 Å². The molecule has 0 aliphatic carbocycles. The van der Waals surface area contributed by atoms with E-state index in [1.165, 1.54) is 0 Å². The molecule has 2 fully saturated rings. The normalized spacial score (nSPS) is 23.0. The summed E-state index contributed by atoms with van der Waals surface area (Å²) in [6, 6.07) is 0. The fourth-order valence-corrected chi connectivity index (χ4v) is 3.61. The molecule has 8 heteroatoms. The van der Waals surface area contributed by atoms with Gasteiger partial charge >= 0.3 is 0 Å². The number of morpholine rings is 1. The predicted molar refractivity (Wildman–Crippen MR) is 93.9 cm³/mol. The van der Waals surface area contributed by atoms with Gasteiger partial charge in [-0.25, -0.2) is 0 Å². The largest absolute Gasteiger partial charge is 0.379 e. The molecule has 2 aliphatic heterocycles. The van der Waals surface area contributed by atoms with Crippen LogP contribution in [0.1, 0.15) is 44.3 Å². The molecule has 0 spiro atoms. The molecule has 3 rings (SSSR count). The van der Waals surface area contributed by atoms with Crippen LogP contribution in [0.4, 0.5) is 0 Å². The summed E-state index contributed by atoms with van der Waals surface area (Å²) >= 11 is 0. The van der Waals surface area contributed by atoms with Crippen molar-refractivity contribution in [1.82, 2.24) is 24.6 Å². The predicted octanol–water partition coefficient (Wildman–Crippen LogP) is 0.0906. The first-order chi connectivity index (χ1) is 11.9. The Labute approximate surface area is 149 Å². The van der Waals surface area contributed by atoms with E-state index in [2.05, 4.69) is 19.7 Å². The Balaban J connectivity index is 1.68. The summed E-state index contributed by atoms with van der Waals surface area (Å²) in [5.74, 6) is 2.17. The minimum absolute atomic E-state index is 0.00732. The van der Waals surface area contributed by atoms with E-state index in [-0.39, 0.29) is 11.8 Å². The van der Waals surface area contributed by atoms with Crippen LogP contribution in [0.15, 0.2) is 0 Å². The van der Waals surface area contributed by atoms with Gasteiger partial charge in [-0.3, -0.25) is 9.69 Å². The van der Waals surface area contributed by atoms with Crippen LogP contribution in [0.3, 0.4) is 0 Å². The Kier molecular flexibility index (Phi) is 5.41. The summed E-state index contributed by atoms with van der Waals surface area (Å²) in [6.45, 7) is 9.18. The van der Waals surface area contributed by atoms with E-state index in [1.807, 2.05) is 11.9 Å². The van der Waals surface area contributed by atoms with Crippen molar-refractivity contribution in [2.24, 2.45) is 12.8 Å². The third kappa shape index (κ3) is 4.19. The number of hydrogen-bond donors (Lipinski definition) is 1. The van der Waals surface area contributed by atoms with E-state index in [4.69, 9.17) is 10.5 Å². The number of nitrogens with two attached hydrogens (primary N) is 1. The summed E-state index contributed by atoms with van der Waals surface area (Å²) in [5, 5.41) is 8.85. The minimum Gasteiger partial charge on any atom is -0.379 e. The van der Waals surface area contributed by atoms with Crippen LogP contribution in [0.2, 0.25) is 0 Å². The number of likely N-dealkylation sites (tertiary alicyclic amines) is 1. The fourth-order valence-electron chi connectivity index (χ4n) is 3.61. The highest BCUT2D eigenvalue weighted by atomic mass is 16.5. The van der Waals surface area contributed by atoms with Crippen LogP contribution < -0.4 is 5.73 Å². The number of piperidine rings is 1. The maximum Gasteiger partial charge on any atom is 0.242 e. The van der Waals surface area contributed by atoms with Crippen LogP contribution in [0.25, 0.3) is 0 Å². The molecular formula is C17H30N6O2. The highest BCUT2D eigenvalue weighted by molar-refractivity contribution is 5.85. The molecule has 0 unspecified atom stereocenters. The fraction of sp³-hybridized carbons (Fsp3) is 0.824. The van der Waals surface area contributed by atoms with E-state index in [0.717, 1.165) is 63.9 Å². The number of carbonyl (C=O) groups excluding carboxylic acids is 1. The van der Waals surface area contributed by atoms with Crippen LogP contribution in [-0.4, -0.2) is 75.4 Å². The number of carbonyl (C=O) groups is 1. The van der Waals surface area contributed by atoms with Gasteiger partial charge in [-0.05, 0) is 26.7 Å². The first-order valence-corrected chi connectivity index (χ1v) is 9.13. The second-order valence-corrected chi connectivity index (χ2v) is 7.73. The van der Waals surface area contributed by atoms with E-state index >= 15 is 0 Å². The molecule has 1 amide bonds. The van der Waals surface area contributed by atoms with Gasteiger partial charge in [-0.2, -0.15) is 0 Å². The highest BCUT2D eigenvalue weighted by Gasteiger charge is 2.33. The lowest BCUT2D eigenvalue weighted by molar-refractivity contribution is -0.137. The minimum atomic E-state index is -0.830. The molecule has 2 saturated heterocycles. The van der Waals surface area contributed by atoms with Crippen LogP contribution >= 0.6 is 0 Å². The number of amides is 1. The lowest BCUT2D eigenvalue weighted by Gasteiger charge is -2.36. The van der Waals surface area contributed by atoms with Crippen molar-refractivity contribution in [2.75, 3.05) is 39.4 Å². The van der Waals surface area contributed by atoms with Gasteiger partial charge < -0.3 is 19.9 Å². The Hall–Kier alpha value is -1.51. The SMILES string of the molecule is Cn1c(CN2CCOCC2)nnc1[C@@H]1CCCN(C(=O)C(C)(C)N)C1. The van der Waals surface area contributed by atoms with Gasteiger partial charge in [0.1, 0.15) is 11.6 Å². The van der Waals surface area contributed by atoms with Crippen molar-refractivity contribution in [2.45, 2.75) is 44.7 Å². The number of hydrogen-bond acceptors (Lipinski definition) is 6. The van der Waals surface area contributed by atoms with E-state index in [1.54, 1.807) is 13.8 Å². The van der Waals surface area contributed by atoms with Crippen molar-refractivity contribution in [3.8, 4) is 0 Å². The molecule has 0 bridgehead atoms. The molecule has 0 saturated carbocycles. The number of ether oxygens (including phenoxy) is 1. The first kappa shape index (κ1) is 18.3. The van der Waals surface area contributed by atoms with Gasteiger partial charge in [0, 0.05) is 39.1 Å². The average molecular weight is 350 g/mol. The molecule has 3 heterocycles. The van der Waals surface area contributed by atoms with Crippen molar-refractivity contribution >= 4 is 5.91 Å². The quantitative estimate of drug-likeness (QED) is 0.828. The molecule has 8 nitrogen and oxygen atoms in total. The smallest absolute Gasteiger partial charge is 0.242 e. The standard InChI is InChI=1S/C17H30N6O2/c1-17(2,18)16(24)23-6-4-5-13(11-23)15-20-19-14(21(15)3)12-22-7-9-25-10-8-22/h13H,4-12,18H2,1-3H3/t13-/m1/s1. The zero-order valence-corrected chi connectivity index (χ0v) is 15.6. The van der Waals surface area contributed by atoms with Crippen molar-refractivity contribution in [3.63, 3.8) is 0 Å². The van der Waals surface area contributed by atoms with Crippen LogP contribution in [-0.2, 0) is 23.1 Å². The summed E-state index contributed by atoms with van der Waals surface area (Å²) in [5.41, 5.74) is 5.16. The third-order valence-electron chi connectivity index (χ3n) is 5.09. The molecule has 140 valence electrons. The van der Waals surface area contributed by atoms with Gasteiger partial charge in [-0.15, -0.1) is 10.2 Å². The molecule has 1 atom stereocenters. The molecule has 1 aromatic rings. The Bertz CT molecular complexity index is 603. The molecule has 1 aromatic heterocycles. The monoisotopic (exact) mass is 350 g/mol. The second kappa shape index (κ2) is 7.39. The highest BCUT2D eigenvalue weighted by Crippen LogP contribution is 2.27. The average Bonchev–Trinajstić information content (AvgIpc) is 2.95. The summed E-state index contributed by atoms with van der Waals surface area (Å²) in [7, 11) is 2.03. The molecule has 2 N–H and O–H groups in total. The van der Waals surface area contributed by atoms with Gasteiger partial charge in [0.2, 0.25) is 5.91 Å². The number of aromatic nitrogens is 3. The number of nitrogens with zero attached hydrogens (tertiary/aromatic N) is 5. The zero-order valence-electron chi connectivity index (χ0n) is 15.6. The van der Waals surface area contributed by atoms with Crippen LogP contribution in [0.5, 0.6) is 0 Å². The van der Waals surface area contributed by atoms with E-state index in [0.29, 0.717) is 6.54 Å². The van der Waals surface area contributed by atoms with E-state index in [9.17, 15) is 4.79 Å². The van der Waals surface area contributed by atoms with Gasteiger partial charge in [0.05, 0.1) is 25.3 Å². The van der Waals surface area contributed by atoms with Gasteiger partial charge in [-0.1, -0.05) is 0 Å². The van der Waals surface area contributed by atoms with E-state index < -0.39 is 5.54 Å². The van der Waals surface area contributed by atoms with Crippen LogP contribution in [0, 0.1) is 0 Å². The lowest BCUT2D eigenvalue weighted by atomic mass is 9.95.